The van der Waals surface area contributed by atoms with E-state index in [2.05, 4.69) is 41.2 Å². The molecule has 12 heteroatoms. The Kier molecular flexibility index (Phi) is 9.42. The Labute approximate surface area is 235 Å². The molecule has 0 aliphatic carbocycles. The average molecular weight is 557 g/mol. The van der Waals surface area contributed by atoms with Gasteiger partial charge in [-0.05, 0) is 37.5 Å². The van der Waals surface area contributed by atoms with E-state index in [0.29, 0.717) is 23.0 Å². The average Bonchev–Trinajstić information content (AvgIpc) is 3.43. The molecule has 3 heterocycles. The minimum absolute atomic E-state index is 0.0854. The molecule has 3 rings (SSSR count). The summed E-state index contributed by atoms with van der Waals surface area (Å²) in [5.74, 6) is -1.52. The first-order valence-electron chi connectivity index (χ1n) is 14.0. The van der Waals surface area contributed by atoms with E-state index in [0.717, 1.165) is 0 Å². The first-order valence-corrected chi connectivity index (χ1v) is 14.0. The van der Waals surface area contributed by atoms with E-state index in [-0.39, 0.29) is 46.9 Å². The van der Waals surface area contributed by atoms with Crippen molar-refractivity contribution in [3.63, 3.8) is 0 Å². The summed E-state index contributed by atoms with van der Waals surface area (Å²) < 4.78 is 0. The zero-order chi connectivity index (χ0) is 30.0. The zero-order valence-electron chi connectivity index (χ0n) is 25.1. The van der Waals surface area contributed by atoms with Gasteiger partial charge in [0, 0.05) is 11.4 Å². The van der Waals surface area contributed by atoms with Crippen molar-refractivity contribution in [2.24, 2.45) is 23.7 Å². The molecular formula is C28H44N8O4. The summed E-state index contributed by atoms with van der Waals surface area (Å²) in [6.07, 6.45) is 0. The lowest BCUT2D eigenvalue weighted by Crippen LogP contribution is -2.51. The molecule has 6 N–H and O–H groups in total. The van der Waals surface area contributed by atoms with E-state index in [1.54, 1.807) is 13.8 Å². The number of hydrogen-bond acceptors (Lipinski definition) is 6. The molecule has 0 saturated carbocycles. The summed E-state index contributed by atoms with van der Waals surface area (Å²) in [5, 5.41) is 11.7. The molecule has 1 aliphatic heterocycles. The predicted octanol–water partition coefficient (Wildman–Crippen LogP) is 2.60. The van der Waals surface area contributed by atoms with E-state index >= 15 is 0 Å². The van der Waals surface area contributed by atoms with Gasteiger partial charge in [-0.15, -0.1) is 0 Å². The largest absolute Gasteiger partial charge is 0.344 e. The summed E-state index contributed by atoms with van der Waals surface area (Å²) in [7, 11) is 0. The number of imidazole rings is 2. The second-order valence-corrected chi connectivity index (χ2v) is 12.0. The number of rotatable bonds is 4. The van der Waals surface area contributed by atoms with Gasteiger partial charge in [-0.1, -0.05) is 55.4 Å². The fourth-order valence-corrected chi connectivity index (χ4v) is 4.78. The SMILES string of the molecule is Cc1[nH]c2nc1C(=O)N[C@@H](C(C)C)C(=O)N[C@@H](C(C)C)c1nc(c(C)[nH]1)C(=O)N[C@@H](C(C)C)C(=O)N[C@H]2C(C)C. The Bertz CT molecular complexity index is 1160. The van der Waals surface area contributed by atoms with Crippen LogP contribution in [0.1, 0.15) is 111 Å². The summed E-state index contributed by atoms with van der Waals surface area (Å²) in [6.45, 7) is 18.5. The fourth-order valence-electron chi connectivity index (χ4n) is 4.78. The van der Waals surface area contributed by atoms with Crippen molar-refractivity contribution in [3.05, 3.63) is 34.4 Å². The van der Waals surface area contributed by atoms with Crippen molar-refractivity contribution in [2.45, 2.75) is 93.4 Å². The smallest absolute Gasteiger partial charge is 0.272 e. The lowest BCUT2D eigenvalue weighted by atomic mass is 9.99. The number of aryl methyl sites for hydroxylation is 2. The highest BCUT2D eigenvalue weighted by Crippen LogP contribution is 2.24. The lowest BCUT2D eigenvalue weighted by Gasteiger charge is -2.27. The Morgan fingerprint density at radius 3 is 1.07 bits per heavy atom. The number of hydrogen-bond donors (Lipinski definition) is 6. The predicted molar refractivity (Wildman–Crippen MR) is 150 cm³/mol. The Balaban J connectivity index is 2.14. The van der Waals surface area contributed by atoms with Crippen LogP contribution in [-0.4, -0.2) is 55.6 Å². The van der Waals surface area contributed by atoms with Crippen molar-refractivity contribution < 1.29 is 19.2 Å². The molecule has 4 amide bonds. The van der Waals surface area contributed by atoms with Crippen LogP contribution in [0.3, 0.4) is 0 Å². The molecule has 12 nitrogen and oxygen atoms in total. The molecule has 1 aliphatic rings. The van der Waals surface area contributed by atoms with Crippen molar-refractivity contribution >= 4 is 23.6 Å². The van der Waals surface area contributed by atoms with Gasteiger partial charge in [0.25, 0.3) is 11.8 Å². The zero-order valence-corrected chi connectivity index (χ0v) is 25.1. The monoisotopic (exact) mass is 556 g/mol. The molecule has 0 fully saturated rings. The number of nitrogens with zero attached hydrogens (tertiary/aromatic N) is 2. The first-order chi connectivity index (χ1) is 18.6. The van der Waals surface area contributed by atoms with Gasteiger partial charge >= 0.3 is 0 Å². The van der Waals surface area contributed by atoms with E-state index in [1.807, 2.05) is 55.4 Å². The standard InChI is InChI=1S/C28H44N8O4/c1-11(2)17-23-29-15(9)21(31-23)27(39)36-20(14(7)8)26(38)34-18(12(3)4)24-30-16(10)22(32-24)28(40)35-19(13(5)6)25(37)33-17/h11-14,17-20H,1-10H3,(H,29,31)(H,30,32)(H,33,37)(H,34,38)(H,35,40)(H,36,39)/t17-,18-,19-,20-/m0/s1. The quantitative estimate of drug-likeness (QED) is 0.338. The van der Waals surface area contributed by atoms with Gasteiger partial charge < -0.3 is 31.2 Å². The molecule has 40 heavy (non-hydrogen) atoms. The van der Waals surface area contributed by atoms with E-state index < -0.39 is 36.0 Å². The first kappa shape index (κ1) is 30.8. The van der Waals surface area contributed by atoms with Crippen LogP contribution in [0.15, 0.2) is 0 Å². The number of aromatic nitrogens is 4. The molecule has 0 radical (unpaired) electrons. The van der Waals surface area contributed by atoms with Crippen LogP contribution >= 0.6 is 0 Å². The van der Waals surface area contributed by atoms with Crippen molar-refractivity contribution in [3.8, 4) is 0 Å². The third-order valence-electron chi connectivity index (χ3n) is 7.23. The normalized spacial score (nSPS) is 23.1. The van der Waals surface area contributed by atoms with E-state index in [9.17, 15) is 19.2 Å². The summed E-state index contributed by atoms with van der Waals surface area (Å²) in [4.78, 5) is 69.1. The number of H-pyrrole nitrogens is 2. The summed E-state index contributed by atoms with van der Waals surface area (Å²) in [6, 6.07) is -2.81. The number of amides is 4. The van der Waals surface area contributed by atoms with Crippen LogP contribution in [0.4, 0.5) is 0 Å². The van der Waals surface area contributed by atoms with Gasteiger partial charge in [0.2, 0.25) is 11.8 Å². The van der Waals surface area contributed by atoms with Gasteiger partial charge in [-0.25, -0.2) is 9.97 Å². The fraction of sp³-hybridized carbons (Fsp3) is 0.643. The van der Waals surface area contributed by atoms with Crippen molar-refractivity contribution in [1.82, 2.24) is 41.2 Å². The summed E-state index contributed by atoms with van der Waals surface area (Å²) >= 11 is 0. The number of fused-ring (bicyclic) bond motifs is 4. The van der Waals surface area contributed by atoms with Crippen LogP contribution in [0.2, 0.25) is 0 Å². The minimum Gasteiger partial charge on any atom is -0.344 e. The van der Waals surface area contributed by atoms with Crippen LogP contribution in [0.5, 0.6) is 0 Å². The molecule has 0 saturated heterocycles. The van der Waals surface area contributed by atoms with Crippen LogP contribution in [-0.2, 0) is 9.59 Å². The molecule has 220 valence electrons. The molecule has 2 aromatic rings. The van der Waals surface area contributed by atoms with Gasteiger partial charge in [-0.3, -0.25) is 19.2 Å². The number of aromatic amines is 2. The molecule has 4 bridgehead atoms. The molecule has 0 aromatic carbocycles. The maximum atomic E-state index is 13.5. The topological polar surface area (TPSA) is 174 Å². The molecule has 4 atom stereocenters. The molecule has 0 spiro atoms. The number of carbonyl (C=O) groups is 4. The molecular weight excluding hydrogens is 512 g/mol. The van der Waals surface area contributed by atoms with Crippen molar-refractivity contribution in [1.29, 1.82) is 0 Å². The Hall–Kier alpha value is -3.70. The maximum Gasteiger partial charge on any atom is 0.272 e. The summed E-state index contributed by atoms with van der Waals surface area (Å²) in [5.41, 5.74) is 1.32. The highest BCUT2D eigenvalue weighted by Gasteiger charge is 2.34. The highest BCUT2D eigenvalue weighted by atomic mass is 16.2. The number of nitrogens with one attached hydrogen (secondary N) is 6. The second-order valence-electron chi connectivity index (χ2n) is 12.0. The van der Waals surface area contributed by atoms with Gasteiger partial charge in [0.15, 0.2) is 0 Å². The Morgan fingerprint density at radius 1 is 0.500 bits per heavy atom. The van der Waals surface area contributed by atoms with Gasteiger partial charge in [0.1, 0.15) is 35.1 Å². The van der Waals surface area contributed by atoms with Crippen LogP contribution in [0, 0.1) is 37.5 Å². The third-order valence-corrected chi connectivity index (χ3v) is 7.23. The molecule has 0 unspecified atom stereocenters. The van der Waals surface area contributed by atoms with Crippen molar-refractivity contribution in [2.75, 3.05) is 0 Å². The van der Waals surface area contributed by atoms with E-state index in [4.69, 9.17) is 0 Å². The van der Waals surface area contributed by atoms with Gasteiger partial charge in [0.05, 0.1) is 12.1 Å². The van der Waals surface area contributed by atoms with Crippen LogP contribution < -0.4 is 21.3 Å². The van der Waals surface area contributed by atoms with Gasteiger partial charge in [-0.2, -0.15) is 0 Å². The Morgan fingerprint density at radius 2 is 0.800 bits per heavy atom. The maximum absolute atomic E-state index is 13.5. The third kappa shape index (κ3) is 6.53. The number of carbonyl (C=O) groups excluding carboxylic acids is 4. The van der Waals surface area contributed by atoms with Crippen LogP contribution in [0.25, 0.3) is 0 Å². The highest BCUT2D eigenvalue weighted by molar-refractivity contribution is 5.98. The minimum atomic E-state index is -0.849. The van der Waals surface area contributed by atoms with E-state index in [1.165, 1.54) is 0 Å². The second kappa shape index (κ2) is 12.2. The molecule has 2 aromatic heterocycles. The lowest BCUT2D eigenvalue weighted by molar-refractivity contribution is -0.125.